The van der Waals surface area contributed by atoms with Crippen molar-refractivity contribution in [1.82, 2.24) is 0 Å². The Morgan fingerprint density at radius 2 is 2.12 bits per heavy atom. The molecule has 0 aliphatic heterocycles. The summed E-state index contributed by atoms with van der Waals surface area (Å²) < 4.78 is 31.4. The van der Waals surface area contributed by atoms with Gasteiger partial charge in [-0.1, -0.05) is 0 Å². The molecule has 0 amide bonds. The van der Waals surface area contributed by atoms with Crippen LogP contribution in [0.2, 0.25) is 0 Å². The highest BCUT2D eigenvalue weighted by atomic mass is 79.9. The van der Waals surface area contributed by atoms with Gasteiger partial charge in [0.25, 0.3) is 0 Å². The maximum Gasteiger partial charge on any atom is 0.328 e. The van der Waals surface area contributed by atoms with Gasteiger partial charge in [0, 0.05) is 6.07 Å². The second-order valence-electron chi connectivity index (χ2n) is 3.36. The van der Waals surface area contributed by atoms with Crippen LogP contribution in [-0.2, 0) is 9.53 Å². The summed E-state index contributed by atoms with van der Waals surface area (Å²) in [7, 11) is 0. The Hall–Kier alpha value is -1.17. The predicted octanol–water partition coefficient (Wildman–Crippen LogP) is 3.09. The molecule has 6 heteroatoms. The van der Waals surface area contributed by atoms with E-state index in [2.05, 4.69) is 21.2 Å². The van der Waals surface area contributed by atoms with Crippen LogP contribution in [-0.4, -0.2) is 18.6 Å². The highest BCUT2D eigenvalue weighted by Gasteiger charge is 2.16. The van der Waals surface area contributed by atoms with E-state index < -0.39 is 23.6 Å². The maximum absolute atomic E-state index is 13.4. The zero-order valence-electron chi connectivity index (χ0n) is 9.39. The van der Waals surface area contributed by atoms with Crippen LogP contribution in [0, 0.1) is 11.6 Å². The first-order valence-electron chi connectivity index (χ1n) is 5.03. The zero-order valence-corrected chi connectivity index (χ0v) is 11.0. The van der Waals surface area contributed by atoms with Crippen molar-refractivity contribution in [3.63, 3.8) is 0 Å². The van der Waals surface area contributed by atoms with E-state index in [1.165, 1.54) is 6.92 Å². The molecule has 0 bridgehead atoms. The van der Waals surface area contributed by atoms with Crippen LogP contribution < -0.4 is 5.32 Å². The Labute approximate surface area is 106 Å². The summed E-state index contributed by atoms with van der Waals surface area (Å²) in [5, 5.41) is 2.55. The largest absolute Gasteiger partial charge is 0.464 e. The molecule has 94 valence electrons. The average molecular weight is 308 g/mol. The molecule has 1 unspecified atom stereocenters. The van der Waals surface area contributed by atoms with Gasteiger partial charge in [0.05, 0.1) is 16.8 Å². The van der Waals surface area contributed by atoms with Crippen LogP contribution in [0.4, 0.5) is 14.5 Å². The fourth-order valence-corrected chi connectivity index (χ4v) is 1.51. The van der Waals surface area contributed by atoms with Gasteiger partial charge in [-0.25, -0.2) is 13.6 Å². The number of carbonyl (C=O) groups is 1. The summed E-state index contributed by atoms with van der Waals surface area (Å²) in [6.45, 7) is 3.42. The van der Waals surface area contributed by atoms with Crippen molar-refractivity contribution in [1.29, 1.82) is 0 Å². The molecule has 0 aromatic heterocycles. The third-order valence-electron chi connectivity index (χ3n) is 2.02. The summed E-state index contributed by atoms with van der Waals surface area (Å²) in [6, 6.07) is 1.23. The minimum absolute atomic E-state index is 0.0318. The molecule has 0 spiro atoms. The smallest absolute Gasteiger partial charge is 0.328 e. The number of anilines is 1. The molecule has 0 saturated carbocycles. The van der Waals surface area contributed by atoms with Gasteiger partial charge in [-0.3, -0.25) is 0 Å². The Morgan fingerprint density at radius 1 is 1.47 bits per heavy atom. The van der Waals surface area contributed by atoms with Gasteiger partial charge in [-0.05, 0) is 35.8 Å². The van der Waals surface area contributed by atoms with Crippen LogP contribution in [0.5, 0.6) is 0 Å². The summed E-state index contributed by atoms with van der Waals surface area (Å²) >= 11 is 2.87. The lowest BCUT2D eigenvalue weighted by Gasteiger charge is -2.14. The molecule has 1 aromatic rings. The molecule has 0 heterocycles. The number of benzene rings is 1. The number of halogens is 3. The van der Waals surface area contributed by atoms with E-state index in [-0.39, 0.29) is 16.8 Å². The molecule has 17 heavy (non-hydrogen) atoms. The highest BCUT2D eigenvalue weighted by molar-refractivity contribution is 9.10. The van der Waals surface area contributed by atoms with E-state index in [1.807, 2.05) is 0 Å². The highest BCUT2D eigenvalue weighted by Crippen LogP contribution is 2.23. The van der Waals surface area contributed by atoms with E-state index in [9.17, 15) is 13.6 Å². The van der Waals surface area contributed by atoms with Gasteiger partial charge in [-0.15, -0.1) is 0 Å². The van der Waals surface area contributed by atoms with E-state index >= 15 is 0 Å². The third kappa shape index (κ3) is 3.66. The fourth-order valence-electron chi connectivity index (χ4n) is 1.19. The summed E-state index contributed by atoms with van der Waals surface area (Å²) in [5.41, 5.74) is -0.0775. The van der Waals surface area contributed by atoms with Crippen LogP contribution >= 0.6 is 15.9 Å². The normalized spacial score (nSPS) is 12.1. The number of carbonyl (C=O) groups excluding carboxylic acids is 1. The van der Waals surface area contributed by atoms with Crippen molar-refractivity contribution in [3.05, 3.63) is 28.2 Å². The van der Waals surface area contributed by atoms with Crippen LogP contribution in [0.25, 0.3) is 0 Å². The van der Waals surface area contributed by atoms with Gasteiger partial charge in [0.2, 0.25) is 0 Å². The molecule has 0 fully saturated rings. The molecule has 0 radical (unpaired) electrons. The van der Waals surface area contributed by atoms with E-state index in [0.717, 1.165) is 12.1 Å². The Morgan fingerprint density at radius 3 is 2.71 bits per heavy atom. The second-order valence-corrected chi connectivity index (χ2v) is 4.22. The van der Waals surface area contributed by atoms with Crippen molar-refractivity contribution in [2.75, 3.05) is 11.9 Å². The molecular weight excluding hydrogens is 296 g/mol. The number of esters is 1. The number of hydrogen-bond donors (Lipinski definition) is 1. The van der Waals surface area contributed by atoms with Gasteiger partial charge in [0.15, 0.2) is 0 Å². The summed E-state index contributed by atoms with van der Waals surface area (Å²) in [5.74, 6) is -1.77. The Kier molecular flexibility index (Phi) is 4.86. The monoisotopic (exact) mass is 307 g/mol. The summed E-state index contributed by atoms with van der Waals surface area (Å²) in [4.78, 5) is 11.3. The number of hydrogen-bond acceptors (Lipinski definition) is 3. The lowest BCUT2D eigenvalue weighted by molar-refractivity contribution is -0.143. The molecule has 0 saturated heterocycles. The lowest BCUT2D eigenvalue weighted by Crippen LogP contribution is -2.28. The topological polar surface area (TPSA) is 38.3 Å². The van der Waals surface area contributed by atoms with Crippen LogP contribution in [0.3, 0.4) is 0 Å². The first-order chi connectivity index (χ1) is 7.95. The number of nitrogens with one attached hydrogen (secondary N) is 1. The Balaban J connectivity index is 2.81. The van der Waals surface area contributed by atoms with Crippen molar-refractivity contribution >= 4 is 27.6 Å². The van der Waals surface area contributed by atoms with Crippen LogP contribution in [0.1, 0.15) is 13.8 Å². The fraction of sp³-hybridized carbons (Fsp3) is 0.364. The standard InChI is InChI=1S/C11H12BrF2NO2/c1-3-17-11(16)6(2)15-10-5-8(13)7(12)4-9(10)14/h4-6,15H,3H2,1-2H3. The van der Waals surface area contributed by atoms with Crippen molar-refractivity contribution < 1.29 is 18.3 Å². The quantitative estimate of drug-likeness (QED) is 0.686. The molecule has 0 aliphatic carbocycles. The van der Waals surface area contributed by atoms with Crippen molar-refractivity contribution in [3.8, 4) is 0 Å². The van der Waals surface area contributed by atoms with Gasteiger partial charge >= 0.3 is 5.97 Å². The van der Waals surface area contributed by atoms with Crippen molar-refractivity contribution in [2.24, 2.45) is 0 Å². The predicted molar refractivity (Wildman–Crippen MR) is 63.8 cm³/mol. The van der Waals surface area contributed by atoms with E-state index in [4.69, 9.17) is 4.74 Å². The molecule has 3 nitrogen and oxygen atoms in total. The molecule has 1 atom stereocenters. The maximum atomic E-state index is 13.4. The van der Waals surface area contributed by atoms with Crippen molar-refractivity contribution in [2.45, 2.75) is 19.9 Å². The minimum atomic E-state index is -0.745. The summed E-state index contributed by atoms with van der Waals surface area (Å²) in [6.07, 6.45) is 0. The number of ether oxygens (including phenoxy) is 1. The van der Waals surface area contributed by atoms with E-state index in [1.54, 1.807) is 6.92 Å². The zero-order chi connectivity index (χ0) is 13.0. The number of rotatable bonds is 4. The Bertz CT molecular complexity index is 426. The minimum Gasteiger partial charge on any atom is -0.464 e. The molecule has 0 aliphatic rings. The molecular formula is C11H12BrF2NO2. The molecule has 1 aromatic carbocycles. The van der Waals surface area contributed by atoms with Gasteiger partial charge in [-0.2, -0.15) is 0 Å². The first kappa shape index (κ1) is 13.9. The third-order valence-corrected chi connectivity index (χ3v) is 2.63. The SMILES string of the molecule is CCOC(=O)C(C)Nc1cc(F)c(Br)cc1F. The average Bonchev–Trinajstić information content (AvgIpc) is 2.26. The lowest BCUT2D eigenvalue weighted by atomic mass is 10.2. The molecule has 1 N–H and O–H groups in total. The van der Waals surface area contributed by atoms with E-state index in [0.29, 0.717) is 0 Å². The second kappa shape index (κ2) is 5.95. The first-order valence-corrected chi connectivity index (χ1v) is 5.82. The van der Waals surface area contributed by atoms with Gasteiger partial charge < -0.3 is 10.1 Å². The molecule has 1 rings (SSSR count). The van der Waals surface area contributed by atoms with Gasteiger partial charge in [0.1, 0.15) is 17.7 Å². The van der Waals surface area contributed by atoms with Crippen LogP contribution in [0.15, 0.2) is 16.6 Å².